The lowest BCUT2D eigenvalue weighted by atomic mass is 10.2. The first-order valence-electron chi connectivity index (χ1n) is 7.70. The van der Waals surface area contributed by atoms with E-state index in [9.17, 15) is 0 Å². The van der Waals surface area contributed by atoms with E-state index in [1.165, 1.54) is 25.0 Å². The smallest absolute Gasteiger partial charge is 0.176 e. The summed E-state index contributed by atoms with van der Waals surface area (Å²) >= 11 is 2.09. The third kappa shape index (κ3) is 3.38. The van der Waals surface area contributed by atoms with Crippen molar-refractivity contribution in [2.75, 3.05) is 12.9 Å². The summed E-state index contributed by atoms with van der Waals surface area (Å²) in [6, 6.07) is 8.74. The molecule has 3 nitrogen and oxygen atoms in total. The molecular weight excluding hydrogens is 282 g/mol. The summed E-state index contributed by atoms with van der Waals surface area (Å²) < 4.78 is 11.3. The summed E-state index contributed by atoms with van der Waals surface area (Å²) in [5.74, 6) is 3.01. The Balaban J connectivity index is 1.61. The number of nitrogens with one attached hydrogen (secondary N) is 1. The molecule has 1 aromatic carbocycles. The Hall–Kier alpha value is -1.13. The molecule has 0 spiro atoms. The second-order valence-corrected chi connectivity index (χ2v) is 7.14. The van der Waals surface area contributed by atoms with Gasteiger partial charge in [-0.05, 0) is 37.1 Å². The van der Waals surface area contributed by atoms with Crippen molar-refractivity contribution in [2.45, 2.75) is 44.0 Å². The Bertz CT molecular complexity index is 595. The number of methoxy groups -OCH3 is 1. The summed E-state index contributed by atoms with van der Waals surface area (Å²) in [7, 11) is 1.68. The van der Waals surface area contributed by atoms with E-state index in [1.54, 1.807) is 7.11 Å². The Morgan fingerprint density at radius 3 is 3.10 bits per heavy atom. The number of thioether (sulfide) groups is 1. The first kappa shape index (κ1) is 14.8. The van der Waals surface area contributed by atoms with Gasteiger partial charge in [-0.25, -0.2) is 0 Å². The van der Waals surface area contributed by atoms with E-state index in [2.05, 4.69) is 36.1 Å². The molecule has 0 saturated heterocycles. The fourth-order valence-electron chi connectivity index (χ4n) is 3.10. The molecule has 21 heavy (non-hydrogen) atoms. The number of para-hydroxylation sites is 1. The molecule has 0 bridgehead atoms. The molecule has 2 atom stereocenters. The van der Waals surface area contributed by atoms with Crippen LogP contribution in [0.25, 0.3) is 11.0 Å². The van der Waals surface area contributed by atoms with Gasteiger partial charge in [0.25, 0.3) is 0 Å². The van der Waals surface area contributed by atoms with Gasteiger partial charge in [0.1, 0.15) is 5.76 Å². The monoisotopic (exact) mass is 305 g/mol. The average Bonchev–Trinajstić information content (AvgIpc) is 3.11. The van der Waals surface area contributed by atoms with Crippen LogP contribution in [-0.4, -0.2) is 24.2 Å². The third-order valence-corrected chi connectivity index (χ3v) is 5.36. The Morgan fingerprint density at radius 1 is 1.38 bits per heavy atom. The molecular formula is C17H23NO2S. The van der Waals surface area contributed by atoms with E-state index < -0.39 is 0 Å². The highest BCUT2D eigenvalue weighted by Crippen LogP contribution is 2.31. The predicted octanol–water partition coefficient (Wildman–Crippen LogP) is 4.21. The molecule has 0 amide bonds. The molecule has 1 aliphatic rings. The van der Waals surface area contributed by atoms with Crippen molar-refractivity contribution in [2.24, 2.45) is 0 Å². The molecule has 1 aliphatic carbocycles. The normalized spacial score (nSPS) is 22.0. The minimum atomic E-state index is 0.629. The fraction of sp³-hybridized carbons (Fsp3) is 0.529. The lowest BCUT2D eigenvalue weighted by molar-refractivity contribution is 0.403. The van der Waals surface area contributed by atoms with Crippen molar-refractivity contribution >= 4 is 22.7 Å². The zero-order chi connectivity index (χ0) is 14.7. The second kappa shape index (κ2) is 6.75. The number of hydrogen-bond acceptors (Lipinski definition) is 4. The highest BCUT2D eigenvalue weighted by molar-refractivity contribution is 7.99. The first-order valence-corrected chi connectivity index (χ1v) is 8.75. The molecule has 1 aromatic heterocycles. The lowest BCUT2D eigenvalue weighted by Crippen LogP contribution is -2.25. The van der Waals surface area contributed by atoms with Gasteiger partial charge in [-0.3, -0.25) is 0 Å². The van der Waals surface area contributed by atoms with Gasteiger partial charge < -0.3 is 14.5 Å². The summed E-state index contributed by atoms with van der Waals surface area (Å²) in [6.07, 6.45) is 3.90. The predicted molar refractivity (Wildman–Crippen MR) is 89.2 cm³/mol. The van der Waals surface area contributed by atoms with Crippen LogP contribution >= 0.6 is 11.8 Å². The van der Waals surface area contributed by atoms with E-state index in [1.807, 2.05) is 12.1 Å². The molecule has 1 N–H and O–H groups in total. The van der Waals surface area contributed by atoms with Crippen molar-refractivity contribution < 1.29 is 9.15 Å². The van der Waals surface area contributed by atoms with Crippen molar-refractivity contribution in [3.63, 3.8) is 0 Å². The number of hydrogen-bond donors (Lipinski definition) is 1. The highest BCUT2D eigenvalue weighted by atomic mass is 32.2. The van der Waals surface area contributed by atoms with Gasteiger partial charge in [-0.15, -0.1) is 0 Å². The van der Waals surface area contributed by atoms with Crippen molar-refractivity contribution in [3.05, 3.63) is 30.0 Å². The summed E-state index contributed by atoms with van der Waals surface area (Å²) in [6.45, 7) is 3.04. The maximum atomic E-state index is 5.93. The van der Waals surface area contributed by atoms with Crippen LogP contribution in [0.15, 0.2) is 28.7 Å². The first-order chi connectivity index (χ1) is 10.3. The van der Waals surface area contributed by atoms with Gasteiger partial charge in [0.15, 0.2) is 11.3 Å². The van der Waals surface area contributed by atoms with E-state index in [-0.39, 0.29) is 0 Å². The standard InChI is InChI=1S/C17H23NO2S/c1-3-21-15-8-7-13(10-15)18-11-14-9-12-5-4-6-16(19-2)17(12)20-14/h4-6,9,13,15,18H,3,7-8,10-11H2,1-2H3. The van der Waals surface area contributed by atoms with Crippen LogP contribution in [0.1, 0.15) is 31.9 Å². The Morgan fingerprint density at radius 2 is 2.29 bits per heavy atom. The molecule has 0 aliphatic heterocycles. The molecule has 1 fully saturated rings. The van der Waals surface area contributed by atoms with Crippen LogP contribution in [0.4, 0.5) is 0 Å². The number of ether oxygens (including phenoxy) is 1. The van der Waals surface area contributed by atoms with Gasteiger partial charge in [-0.2, -0.15) is 11.8 Å². The van der Waals surface area contributed by atoms with Gasteiger partial charge in [0, 0.05) is 16.7 Å². The lowest BCUT2D eigenvalue weighted by Gasteiger charge is -2.11. The second-order valence-electron chi connectivity index (χ2n) is 5.56. The molecule has 2 aromatic rings. The summed E-state index contributed by atoms with van der Waals surface area (Å²) in [5.41, 5.74) is 0.850. The van der Waals surface area contributed by atoms with Crippen molar-refractivity contribution in [3.8, 4) is 5.75 Å². The average molecular weight is 305 g/mol. The largest absolute Gasteiger partial charge is 0.493 e. The third-order valence-electron chi connectivity index (χ3n) is 4.13. The molecule has 1 saturated carbocycles. The number of benzene rings is 1. The van der Waals surface area contributed by atoms with Gasteiger partial charge >= 0.3 is 0 Å². The molecule has 0 radical (unpaired) electrons. The zero-order valence-corrected chi connectivity index (χ0v) is 13.5. The van der Waals surface area contributed by atoms with Crippen LogP contribution in [0.3, 0.4) is 0 Å². The number of rotatable bonds is 6. The van der Waals surface area contributed by atoms with Gasteiger partial charge in [0.05, 0.1) is 13.7 Å². The van der Waals surface area contributed by atoms with Crippen LogP contribution < -0.4 is 10.1 Å². The fourth-order valence-corrected chi connectivity index (χ4v) is 4.24. The molecule has 3 rings (SSSR count). The van der Waals surface area contributed by atoms with Crippen molar-refractivity contribution in [1.29, 1.82) is 0 Å². The molecule has 4 heteroatoms. The maximum Gasteiger partial charge on any atom is 0.176 e. The minimum Gasteiger partial charge on any atom is -0.493 e. The van der Waals surface area contributed by atoms with Crippen LogP contribution in [0.2, 0.25) is 0 Å². The topological polar surface area (TPSA) is 34.4 Å². The van der Waals surface area contributed by atoms with E-state index in [0.717, 1.165) is 34.3 Å². The molecule has 1 heterocycles. The molecule has 2 unspecified atom stereocenters. The number of furan rings is 1. The molecule has 114 valence electrons. The van der Waals surface area contributed by atoms with Crippen molar-refractivity contribution in [1.82, 2.24) is 5.32 Å². The minimum absolute atomic E-state index is 0.629. The summed E-state index contributed by atoms with van der Waals surface area (Å²) in [5, 5.41) is 5.58. The SMILES string of the molecule is CCSC1CCC(NCc2cc3cccc(OC)c3o2)C1. The Kier molecular flexibility index (Phi) is 4.76. The summed E-state index contributed by atoms with van der Waals surface area (Å²) in [4.78, 5) is 0. The number of fused-ring (bicyclic) bond motifs is 1. The quantitative estimate of drug-likeness (QED) is 0.867. The zero-order valence-electron chi connectivity index (χ0n) is 12.7. The van der Waals surface area contributed by atoms with Gasteiger partial charge in [0.2, 0.25) is 0 Å². The van der Waals surface area contributed by atoms with E-state index in [0.29, 0.717) is 6.04 Å². The van der Waals surface area contributed by atoms with Crippen LogP contribution in [-0.2, 0) is 6.54 Å². The van der Waals surface area contributed by atoms with Gasteiger partial charge in [-0.1, -0.05) is 19.1 Å². The highest BCUT2D eigenvalue weighted by Gasteiger charge is 2.24. The van der Waals surface area contributed by atoms with E-state index in [4.69, 9.17) is 9.15 Å². The Labute approximate surface area is 130 Å². The van der Waals surface area contributed by atoms with E-state index >= 15 is 0 Å². The maximum absolute atomic E-state index is 5.93. The van der Waals surface area contributed by atoms with Crippen LogP contribution in [0.5, 0.6) is 5.75 Å². The van der Waals surface area contributed by atoms with Crippen LogP contribution in [0, 0.1) is 0 Å².